The molecule has 0 spiro atoms. The molecule has 1 aromatic carbocycles. The van der Waals surface area contributed by atoms with Crippen LogP contribution in [0.3, 0.4) is 0 Å². The molecule has 0 saturated carbocycles. The third-order valence-corrected chi connectivity index (χ3v) is 5.73. The number of nitrogens with zero attached hydrogens (tertiary/aromatic N) is 1. The summed E-state index contributed by atoms with van der Waals surface area (Å²) in [5, 5.41) is 7.12. The van der Waals surface area contributed by atoms with Gasteiger partial charge in [-0.1, -0.05) is 29.8 Å². The molecule has 0 bridgehead atoms. The number of carboxylic acid groups (broad SMARTS) is 1. The van der Waals surface area contributed by atoms with Crippen molar-refractivity contribution in [1.82, 2.24) is 4.90 Å². The Bertz CT molecular complexity index is 662. The van der Waals surface area contributed by atoms with Crippen molar-refractivity contribution in [2.75, 3.05) is 40.0 Å². The van der Waals surface area contributed by atoms with E-state index in [-0.39, 0.29) is 0 Å². The number of methoxy groups -OCH3 is 1. The highest BCUT2D eigenvalue weighted by Gasteiger charge is 2.38. The summed E-state index contributed by atoms with van der Waals surface area (Å²) >= 11 is 0. The van der Waals surface area contributed by atoms with Gasteiger partial charge in [-0.15, -0.1) is 0 Å². The number of ether oxygens (including phenoxy) is 2. The lowest BCUT2D eigenvalue weighted by atomic mass is 9.87. The van der Waals surface area contributed by atoms with Crippen LogP contribution in [0.5, 0.6) is 0 Å². The molecule has 170 valence electrons. The summed E-state index contributed by atoms with van der Waals surface area (Å²) in [6.07, 6.45) is 0.0710. The van der Waals surface area contributed by atoms with E-state index in [0.29, 0.717) is 12.0 Å². The van der Waals surface area contributed by atoms with Crippen LogP contribution in [-0.2, 0) is 20.7 Å². The maximum absolute atomic E-state index is 10.6. The highest BCUT2D eigenvalue weighted by atomic mass is 19.4. The Balaban J connectivity index is 0.000000396. The van der Waals surface area contributed by atoms with Crippen molar-refractivity contribution in [2.45, 2.75) is 44.9 Å². The van der Waals surface area contributed by atoms with Crippen molar-refractivity contribution in [3.8, 4) is 0 Å². The SMILES string of the molecule is CO[C@H]1CCN(CC2CCOCC2)C[C@@H]1Cc1cccc(C)c1.O=C(O)C(F)(F)F. The number of carboxylic acids is 1. The van der Waals surface area contributed by atoms with Crippen LogP contribution in [-0.4, -0.2) is 68.2 Å². The van der Waals surface area contributed by atoms with Crippen molar-refractivity contribution >= 4 is 5.97 Å². The number of aliphatic carboxylic acids is 1. The van der Waals surface area contributed by atoms with Crippen LogP contribution in [0.1, 0.15) is 30.4 Å². The third-order valence-electron chi connectivity index (χ3n) is 5.73. The number of benzene rings is 1. The molecule has 0 amide bonds. The van der Waals surface area contributed by atoms with Crippen LogP contribution >= 0.6 is 0 Å². The average molecular weight is 431 g/mol. The first-order valence-electron chi connectivity index (χ1n) is 10.4. The maximum atomic E-state index is 10.6. The van der Waals surface area contributed by atoms with E-state index in [4.69, 9.17) is 19.4 Å². The smallest absolute Gasteiger partial charge is 0.475 e. The highest BCUT2D eigenvalue weighted by molar-refractivity contribution is 5.73. The molecule has 0 aliphatic carbocycles. The Morgan fingerprint density at radius 3 is 2.50 bits per heavy atom. The molecule has 1 N–H and O–H groups in total. The largest absolute Gasteiger partial charge is 0.490 e. The van der Waals surface area contributed by atoms with Gasteiger partial charge in [0.25, 0.3) is 0 Å². The van der Waals surface area contributed by atoms with E-state index in [1.807, 2.05) is 7.11 Å². The van der Waals surface area contributed by atoms with Gasteiger partial charge in [0, 0.05) is 45.9 Å². The first kappa shape index (κ1) is 24.6. The van der Waals surface area contributed by atoms with Crippen LogP contribution in [0.15, 0.2) is 24.3 Å². The van der Waals surface area contributed by atoms with E-state index in [0.717, 1.165) is 32.0 Å². The molecule has 2 atom stereocenters. The van der Waals surface area contributed by atoms with E-state index in [1.165, 1.54) is 43.6 Å². The molecule has 0 aromatic heterocycles. The molecule has 2 fully saturated rings. The third kappa shape index (κ3) is 8.24. The van der Waals surface area contributed by atoms with Gasteiger partial charge in [-0.25, -0.2) is 4.79 Å². The molecule has 0 unspecified atom stereocenters. The van der Waals surface area contributed by atoms with Gasteiger partial charge >= 0.3 is 12.1 Å². The molecule has 2 aliphatic rings. The fourth-order valence-corrected chi connectivity index (χ4v) is 4.19. The minimum absolute atomic E-state index is 0.404. The van der Waals surface area contributed by atoms with Crippen molar-refractivity contribution in [3.05, 3.63) is 35.4 Å². The molecule has 2 saturated heterocycles. The van der Waals surface area contributed by atoms with Gasteiger partial charge in [-0.3, -0.25) is 0 Å². The predicted octanol–water partition coefficient (Wildman–Crippen LogP) is 3.93. The Morgan fingerprint density at radius 2 is 1.93 bits per heavy atom. The van der Waals surface area contributed by atoms with Crippen LogP contribution in [0.4, 0.5) is 13.2 Å². The zero-order valence-electron chi connectivity index (χ0n) is 17.7. The molecule has 5 nitrogen and oxygen atoms in total. The summed E-state index contributed by atoms with van der Waals surface area (Å²) in [6, 6.07) is 8.94. The summed E-state index contributed by atoms with van der Waals surface area (Å²) in [7, 11) is 1.88. The minimum atomic E-state index is -5.08. The van der Waals surface area contributed by atoms with Gasteiger partial charge < -0.3 is 19.5 Å². The van der Waals surface area contributed by atoms with Crippen molar-refractivity contribution in [2.24, 2.45) is 11.8 Å². The number of piperidine rings is 1. The molecule has 0 radical (unpaired) electrons. The standard InChI is InChI=1S/C20H31NO2.C2HF3O2/c1-16-4-3-5-18(12-16)13-19-15-21(9-6-20(19)22-2)14-17-7-10-23-11-8-17;3-2(4,5)1(6)7/h3-5,12,17,19-20H,6-11,13-15H2,1-2H3;(H,6,7)/t19-,20-;/m0./s1. The van der Waals surface area contributed by atoms with E-state index in [1.54, 1.807) is 0 Å². The van der Waals surface area contributed by atoms with Gasteiger partial charge in [0.15, 0.2) is 0 Å². The second-order valence-corrected chi connectivity index (χ2v) is 8.13. The minimum Gasteiger partial charge on any atom is -0.475 e. The molecule has 1 aromatic rings. The lowest BCUT2D eigenvalue weighted by molar-refractivity contribution is -0.192. The fraction of sp³-hybridized carbons (Fsp3) is 0.682. The number of hydrogen-bond donors (Lipinski definition) is 1. The predicted molar refractivity (Wildman–Crippen MR) is 107 cm³/mol. The Hall–Kier alpha value is -1.64. The fourth-order valence-electron chi connectivity index (χ4n) is 4.19. The van der Waals surface area contributed by atoms with E-state index in [2.05, 4.69) is 36.1 Å². The quantitative estimate of drug-likeness (QED) is 0.766. The summed E-state index contributed by atoms with van der Waals surface area (Å²) in [5.74, 6) is -1.33. The monoisotopic (exact) mass is 431 g/mol. The normalized spacial score (nSPS) is 23.5. The van der Waals surface area contributed by atoms with Crippen molar-refractivity contribution < 1.29 is 32.5 Å². The number of rotatable bonds is 5. The van der Waals surface area contributed by atoms with Crippen molar-refractivity contribution in [3.63, 3.8) is 0 Å². The maximum Gasteiger partial charge on any atom is 0.490 e. The summed E-state index contributed by atoms with van der Waals surface area (Å²) in [6.45, 7) is 7.67. The molecule has 8 heteroatoms. The lowest BCUT2D eigenvalue weighted by Crippen LogP contribution is -2.46. The molecule has 2 aliphatic heterocycles. The Kier molecular flexibility index (Phi) is 9.58. The second kappa shape index (κ2) is 11.7. The van der Waals surface area contributed by atoms with Gasteiger partial charge in [0.2, 0.25) is 0 Å². The molecule has 3 rings (SSSR count). The Morgan fingerprint density at radius 1 is 1.27 bits per heavy atom. The summed E-state index contributed by atoms with van der Waals surface area (Å²) in [5.41, 5.74) is 2.80. The zero-order valence-corrected chi connectivity index (χ0v) is 17.7. The Labute approximate surface area is 176 Å². The number of likely N-dealkylation sites (tertiary alicyclic amines) is 1. The van der Waals surface area contributed by atoms with Crippen LogP contribution in [0.25, 0.3) is 0 Å². The van der Waals surface area contributed by atoms with Gasteiger partial charge in [0.05, 0.1) is 6.10 Å². The second-order valence-electron chi connectivity index (χ2n) is 8.13. The molecular weight excluding hydrogens is 399 g/mol. The number of aryl methyl sites for hydroxylation is 1. The molecular formula is C22H32F3NO4. The highest BCUT2D eigenvalue weighted by Crippen LogP contribution is 2.26. The van der Waals surface area contributed by atoms with E-state index < -0.39 is 12.1 Å². The number of halogens is 3. The number of alkyl halides is 3. The summed E-state index contributed by atoms with van der Waals surface area (Å²) < 4.78 is 43.0. The lowest BCUT2D eigenvalue weighted by Gasteiger charge is -2.40. The molecule has 30 heavy (non-hydrogen) atoms. The van der Waals surface area contributed by atoms with Crippen LogP contribution in [0, 0.1) is 18.8 Å². The van der Waals surface area contributed by atoms with Crippen LogP contribution < -0.4 is 0 Å². The average Bonchev–Trinajstić information content (AvgIpc) is 2.69. The van der Waals surface area contributed by atoms with E-state index >= 15 is 0 Å². The van der Waals surface area contributed by atoms with Crippen molar-refractivity contribution in [1.29, 1.82) is 0 Å². The topological polar surface area (TPSA) is 59.0 Å². The number of carbonyl (C=O) groups is 1. The first-order valence-corrected chi connectivity index (χ1v) is 10.4. The van der Waals surface area contributed by atoms with Gasteiger partial charge in [0.1, 0.15) is 0 Å². The van der Waals surface area contributed by atoms with E-state index in [9.17, 15) is 13.2 Å². The molecule has 2 heterocycles. The van der Waals surface area contributed by atoms with Crippen LogP contribution in [0.2, 0.25) is 0 Å². The van der Waals surface area contributed by atoms with Gasteiger partial charge in [-0.2, -0.15) is 13.2 Å². The number of hydrogen-bond acceptors (Lipinski definition) is 4. The first-order chi connectivity index (χ1) is 14.2. The van der Waals surface area contributed by atoms with Gasteiger partial charge in [-0.05, 0) is 44.1 Å². The summed E-state index contributed by atoms with van der Waals surface area (Å²) in [4.78, 5) is 11.6. The zero-order chi connectivity index (χ0) is 22.1.